The van der Waals surface area contributed by atoms with Crippen LogP contribution < -0.4 is 61.6 Å². The van der Waals surface area contributed by atoms with E-state index in [9.17, 15) is 27.6 Å². The third kappa shape index (κ3) is 11.9. The number of fused-ring (bicyclic) bond motifs is 3. The molecule has 390 valence electrons. The number of nitrogens with two attached hydrogens (primary N) is 3. The number of nitrogens with one attached hydrogen (secondary N) is 3. The van der Waals surface area contributed by atoms with Gasteiger partial charge in [-0.05, 0) is 66.7 Å². The first-order valence-corrected chi connectivity index (χ1v) is 23.1. The summed E-state index contributed by atoms with van der Waals surface area (Å²) in [5.74, 6) is -1.19. The molecule has 22 heteroatoms. The number of primary amides is 3. The number of aromatic nitrogens is 3. The Labute approximate surface area is 440 Å². The number of hydrogen-bond donors (Lipinski definition) is 6. The summed E-state index contributed by atoms with van der Waals surface area (Å²) in [5, 5.41) is 10.6. The molecule has 9 aromatic rings. The van der Waals surface area contributed by atoms with E-state index in [-0.39, 0.29) is 16.8 Å². The molecule has 0 saturated carbocycles. The number of para-hydroxylation sites is 1. The van der Waals surface area contributed by atoms with Crippen LogP contribution in [0.25, 0.3) is 32.7 Å². The number of anilines is 6. The summed E-state index contributed by atoms with van der Waals surface area (Å²) in [7, 11) is 9.05. The zero-order valence-corrected chi connectivity index (χ0v) is 42.9. The second-order valence-electron chi connectivity index (χ2n) is 15.9. The molecule has 3 amide bonds. The van der Waals surface area contributed by atoms with Gasteiger partial charge in [0.25, 0.3) is 17.7 Å². The fourth-order valence-corrected chi connectivity index (χ4v) is 8.08. The van der Waals surface area contributed by atoms with Crippen LogP contribution in [0.3, 0.4) is 0 Å². The number of amides is 3. The van der Waals surface area contributed by atoms with Crippen LogP contribution in [0.15, 0.2) is 126 Å². The van der Waals surface area contributed by atoms with E-state index in [1.807, 2.05) is 24.3 Å². The molecule has 9 rings (SSSR count). The Hall–Kier alpha value is -9.57. The van der Waals surface area contributed by atoms with E-state index in [0.29, 0.717) is 89.8 Å². The van der Waals surface area contributed by atoms with E-state index in [1.54, 1.807) is 62.8 Å². The monoisotopic (exact) mass is 1100 g/mol. The number of carbonyl (C=O) groups is 3. The zero-order chi connectivity index (χ0) is 54.8. The molecule has 18 nitrogen and oxygen atoms in total. The Balaban J connectivity index is 0.000000166. The van der Waals surface area contributed by atoms with Crippen molar-refractivity contribution >= 4 is 100 Å². The van der Waals surface area contributed by atoms with E-state index in [2.05, 4.69) is 46.8 Å². The number of carbonyl (C=O) groups excluding carboxylic acids is 3. The third-order valence-corrected chi connectivity index (χ3v) is 11.8. The Morgan fingerprint density at radius 3 is 1.11 bits per heavy atom. The first-order valence-electron chi connectivity index (χ1n) is 22.3. The minimum Gasteiger partial charge on any atom is -0.493 e. The number of methoxy groups -OCH3 is 6. The fraction of sp³-hybridized carbons (Fsp3) is 0.111. The summed E-state index contributed by atoms with van der Waals surface area (Å²) in [5.41, 5.74) is 20.5. The van der Waals surface area contributed by atoms with Crippen molar-refractivity contribution in [1.82, 2.24) is 15.0 Å². The van der Waals surface area contributed by atoms with Crippen LogP contribution in [0.5, 0.6) is 34.5 Å². The van der Waals surface area contributed by atoms with E-state index in [0.717, 1.165) is 22.3 Å². The lowest BCUT2D eigenvalue weighted by Gasteiger charge is -2.16. The molecular weight excluding hydrogens is 1060 g/mol. The molecule has 9 N–H and O–H groups in total. The maximum atomic E-state index is 14.1. The van der Waals surface area contributed by atoms with Crippen LogP contribution in [0.2, 0.25) is 0 Å². The van der Waals surface area contributed by atoms with Crippen LogP contribution in [-0.2, 0) is 0 Å². The summed E-state index contributed by atoms with van der Waals surface area (Å²) in [6, 6.07) is 27.0. The second-order valence-corrected chi connectivity index (χ2v) is 16.8. The molecule has 3 aromatic heterocycles. The van der Waals surface area contributed by atoms with Crippen molar-refractivity contribution < 1.29 is 56.0 Å². The molecule has 0 atom stereocenters. The van der Waals surface area contributed by atoms with Crippen LogP contribution in [0.4, 0.5) is 47.3 Å². The van der Waals surface area contributed by atoms with E-state index in [4.69, 9.17) is 45.6 Å². The van der Waals surface area contributed by atoms with Crippen molar-refractivity contribution in [3.05, 3.63) is 160 Å². The van der Waals surface area contributed by atoms with E-state index in [1.165, 1.54) is 65.2 Å². The minimum atomic E-state index is -0.814. The van der Waals surface area contributed by atoms with Gasteiger partial charge in [0.15, 0.2) is 34.5 Å². The molecule has 3 heterocycles. The van der Waals surface area contributed by atoms with Gasteiger partial charge in [-0.25, -0.2) is 13.2 Å². The van der Waals surface area contributed by atoms with Crippen LogP contribution in [0, 0.1) is 17.5 Å². The normalized spacial score (nSPS) is 10.6. The van der Waals surface area contributed by atoms with Gasteiger partial charge in [0, 0.05) is 68.8 Å². The van der Waals surface area contributed by atoms with Gasteiger partial charge in [0.05, 0.1) is 93.0 Å². The molecule has 0 spiro atoms. The maximum absolute atomic E-state index is 14.1. The smallest absolute Gasteiger partial charge is 0.252 e. The highest BCUT2D eigenvalue weighted by Crippen LogP contribution is 2.40. The molecule has 0 aliphatic carbocycles. The number of pyridine rings is 3. The van der Waals surface area contributed by atoms with Crippen LogP contribution >= 0.6 is 15.9 Å². The number of nitrogens with zero attached hydrogens (tertiary/aromatic N) is 3. The highest BCUT2D eigenvalue weighted by Gasteiger charge is 2.21. The number of ether oxygens (including phenoxy) is 6. The lowest BCUT2D eigenvalue weighted by atomic mass is 10.1. The molecule has 0 aliphatic heterocycles. The molecule has 6 aromatic carbocycles. The van der Waals surface area contributed by atoms with Crippen molar-refractivity contribution in [1.29, 1.82) is 0 Å². The second kappa shape index (κ2) is 24.0. The van der Waals surface area contributed by atoms with Gasteiger partial charge < -0.3 is 61.6 Å². The average molecular weight is 1100 g/mol. The van der Waals surface area contributed by atoms with Crippen molar-refractivity contribution in [2.24, 2.45) is 17.2 Å². The van der Waals surface area contributed by atoms with E-state index < -0.39 is 40.9 Å². The predicted octanol–water partition coefficient (Wildman–Crippen LogP) is 10.5. The van der Waals surface area contributed by atoms with Crippen molar-refractivity contribution in [2.75, 3.05) is 58.6 Å². The van der Waals surface area contributed by atoms with Gasteiger partial charge in [0.1, 0.15) is 23.1 Å². The van der Waals surface area contributed by atoms with Crippen LogP contribution in [-0.4, -0.2) is 75.3 Å². The van der Waals surface area contributed by atoms with Crippen molar-refractivity contribution in [3.8, 4) is 34.5 Å². The average Bonchev–Trinajstić information content (AvgIpc) is 3.41. The first kappa shape index (κ1) is 54.2. The van der Waals surface area contributed by atoms with Gasteiger partial charge in [-0.15, -0.1) is 0 Å². The SMILES string of the molecule is COc1cc2ncc(C(N)=O)c(Nc3c(F)cccc3F)c2cc1OC.COc1cc2ncc(C(N)=O)c(Nc3cccc(Br)c3)c2cc1OC.COc1cc2ncc(C(N)=O)c(Nc3cccc(F)c3)c2cc1OC. The summed E-state index contributed by atoms with van der Waals surface area (Å²) in [6.45, 7) is 0. The van der Waals surface area contributed by atoms with Gasteiger partial charge in [0.2, 0.25) is 0 Å². The van der Waals surface area contributed by atoms with Gasteiger partial charge >= 0.3 is 0 Å². The van der Waals surface area contributed by atoms with Crippen molar-refractivity contribution in [3.63, 3.8) is 0 Å². The Kier molecular flexibility index (Phi) is 17.1. The Morgan fingerprint density at radius 2 is 0.763 bits per heavy atom. The fourth-order valence-electron chi connectivity index (χ4n) is 7.68. The standard InChI is InChI=1S/C18H16BrN3O3.C18H15F2N3O3.C18H16FN3O3/c1-24-15-7-12-14(8-16(15)25-2)21-9-13(18(20)23)17(12)22-11-5-3-4-10(19)6-11;1-25-14-6-9-13(7-15(14)26-2)22-8-10(18(21)24)16(9)23-17-11(19)4-3-5-12(17)20;1-24-15-7-12-14(8-16(15)25-2)21-9-13(18(20)23)17(12)22-11-5-3-4-10(19)6-11/h3-9H,1-2H3,(H2,20,23)(H,21,22);3-8H,1-2H3,(H2,21,24)(H,22,23);3-9H,1-2H3,(H2,20,23)(H,21,22). The van der Waals surface area contributed by atoms with Crippen molar-refractivity contribution in [2.45, 2.75) is 0 Å². The molecule has 0 aliphatic rings. The van der Waals surface area contributed by atoms with Crippen LogP contribution in [0.1, 0.15) is 31.1 Å². The summed E-state index contributed by atoms with van der Waals surface area (Å²) in [4.78, 5) is 48.2. The number of halogens is 4. The highest BCUT2D eigenvalue weighted by atomic mass is 79.9. The molecule has 0 saturated heterocycles. The van der Waals surface area contributed by atoms with Gasteiger partial charge in [-0.3, -0.25) is 29.3 Å². The lowest BCUT2D eigenvalue weighted by Crippen LogP contribution is -2.14. The molecule has 0 bridgehead atoms. The largest absolute Gasteiger partial charge is 0.493 e. The predicted molar refractivity (Wildman–Crippen MR) is 287 cm³/mol. The number of rotatable bonds is 15. The molecule has 76 heavy (non-hydrogen) atoms. The summed E-state index contributed by atoms with van der Waals surface area (Å²) < 4.78 is 74.2. The van der Waals surface area contributed by atoms with Gasteiger partial charge in [-0.1, -0.05) is 34.1 Å². The number of hydrogen-bond acceptors (Lipinski definition) is 15. The minimum absolute atomic E-state index is 0.0210. The molecule has 0 unspecified atom stereocenters. The Bertz CT molecular complexity index is 3510. The van der Waals surface area contributed by atoms with Gasteiger partial charge in [-0.2, -0.15) is 0 Å². The molecule has 0 fully saturated rings. The maximum Gasteiger partial charge on any atom is 0.252 e. The quantitative estimate of drug-likeness (QED) is 0.0558. The topological polar surface area (TPSA) is 259 Å². The zero-order valence-electron chi connectivity index (χ0n) is 41.3. The summed E-state index contributed by atoms with van der Waals surface area (Å²) >= 11 is 3.43. The molecular formula is C54H47BrF3N9O9. The first-order chi connectivity index (χ1) is 36.5. The van der Waals surface area contributed by atoms with E-state index >= 15 is 0 Å². The Morgan fingerprint density at radius 1 is 0.434 bits per heavy atom. The number of benzene rings is 6. The third-order valence-electron chi connectivity index (χ3n) is 11.3. The lowest BCUT2D eigenvalue weighted by molar-refractivity contribution is 0.0992. The highest BCUT2D eigenvalue weighted by molar-refractivity contribution is 9.10. The molecule has 0 radical (unpaired) electrons. The summed E-state index contributed by atoms with van der Waals surface area (Å²) in [6.07, 6.45) is 4.06.